The number of thioether (sulfide) groups is 4. The number of nitrogens with zero attached hydrogens (tertiary/aromatic N) is 4. The Morgan fingerprint density at radius 3 is 1.24 bits per heavy atom. The first-order valence-corrected chi connectivity index (χ1v) is 17.1. The highest BCUT2D eigenvalue weighted by atomic mass is 32.2. The molecule has 1 aromatic rings. The van der Waals surface area contributed by atoms with Gasteiger partial charge in [0.25, 0.3) is 0 Å². The fourth-order valence-electron chi connectivity index (χ4n) is 4.27. The summed E-state index contributed by atoms with van der Waals surface area (Å²) in [4.78, 5) is 29.2. The van der Waals surface area contributed by atoms with Crippen molar-refractivity contribution < 1.29 is 19.1 Å². The van der Waals surface area contributed by atoms with Crippen molar-refractivity contribution in [3.63, 3.8) is 0 Å². The molecule has 0 bridgehead atoms. The first-order valence-electron chi connectivity index (χ1n) is 13.8. The van der Waals surface area contributed by atoms with Gasteiger partial charge in [0.05, 0.1) is 30.1 Å². The molecule has 2 heterocycles. The second-order valence-corrected chi connectivity index (χ2v) is 14.1. The maximum atomic E-state index is 13.5. The van der Waals surface area contributed by atoms with Crippen LogP contribution in [0.2, 0.25) is 0 Å². The number of carbonyl (C=O) groups is 2. The third kappa shape index (κ3) is 7.31. The van der Waals surface area contributed by atoms with Gasteiger partial charge < -0.3 is 9.47 Å². The Kier molecular flexibility index (Phi) is 12.8. The minimum Gasteiger partial charge on any atom is -0.421 e. The molecule has 0 saturated carbocycles. The molecule has 0 aromatic heterocycles. The smallest absolute Gasteiger partial charge is 0.314 e. The second kappa shape index (κ2) is 16.0. The quantitative estimate of drug-likeness (QED) is 0.122. The van der Waals surface area contributed by atoms with E-state index in [1.165, 1.54) is 23.5 Å². The second-order valence-electron chi connectivity index (χ2n) is 9.49. The summed E-state index contributed by atoms with van der Waals surface area (Å²) >= 11 is 4.61. The van der Waals surface area contributed by atoms with Gasteiger partial charge >= 0.3 is 11.9 Å². The fraction of sp³-hybridized carbons (Fsp3) is 0.467. The van der Waals surface area contributed by atoms with Crippen LogP contribution in [0.1, 0.15) is 79.1 Å². The van der Waals surface area contributed by atoms with Gasteiger partial charge in [-0.05, 0) is 25.7 Å². The summed E-state index contributed by atoms with van der Waals surface area (Å²) in [7, 11) is 0. The zero-order valence-electron chi connectivity index (χ0n) is 23.9. The first-order chi connectivity index (χ1) is 20.3. The van der Waals surface area contributed by atoms with Crippen molar-refractivity contribution in [2.75, 3.05) is 0 Å². The van der Waals surface area contributed by atoms with Crippen LogP contribution in [0.5, 0.6) is 11.5 Å². The normalized spacial score (nSPS) is 14.4. The SMILES string of the molecule is CCCCC(CC)C(=O)Oc1c(OC(=O)C(CC)CCCC)c2c(c3c1SC(=C(C#N)C#N)S3)SC(=C(C#N)C#N)S2. The van der Waals surface area contributed by atoms with Gasteiger partial charge in [0.2, 0.25) is 0 Å². The topological polar surface area (TPSA) is 148 Å². The van der Waals surface area contributed by atoms with Crippen LogP contribution < -0.4 is 9.47 Å². The van der Waals surface area contributed by atoms with Crippen molar-refractivity contribution in [1.82, 2.24) is 0 Å². The van der Waals surface area contributed by atoms with Crippen LogP contribution in [-0.2, 0) is 9.59 Å². The van der Waals surface area contributed by atoms with E-state index in [1.54, 1.807) is 0 Å². The maximum Gasteiger partial charge on any atom is 0.314 e. The van der Waals surface area contributed by atoms with Crippen molar-refractivity contribution in [1.29, 1.82) is 21.0 Å². The largest absolute Gasteiger partial charge is 0.421 e. The summed E-state index contributed by atoms with van der Waals surface area (Å²) in [6.45, 7) is 7.93. The van der Waals surface area contributed by atoms with Crippen LogP contribution in [0.25, 0.3) is 0 Å². The summed E-state index contributed by atoms with van der Waals surface area (Å²) in [5.74, 6) is -1.50. The Morgan fingerprint density at radius 1 is 0.619 bits per heavy atom. The maximum absolute atomic E-state index is 13.5. The number of carbonyl (C=O) groups excluding carboxylic acids is 2. The summed E-state index contributed by atoms with van der Waals surface area (Å²) < 4.78 is 13.0. The highest BCUT2D eigenvalue weighted by molar-refractivity contribution is 8.26. The molecule has 8 nitrogen and oxygen atoms in total. The standard InChI is InChI=1S/C30H30N4O4S4/c1-5-9-11-17(7-3)27(35)37-21-22(38-28(36)18(8-4)12-10-6-2)24-26(42-30(40-24)20(15-33)16-34)25-23(21)39-29(41-25)19(13-31)14-32/h17-18H,5-12H2,1-4H3. The van der Waals surface area contributed by atoms with E-state index in [1.807, 2.05) is 52.0 Å². The van der Waals surface area contributed by atoms with E-state index in [0.717, 1.165) is 49.2 Å². The molecule has 0 fully saturated rings. The van der Waals surface area contributed by atoms with E-state index in [-0.39, 0.29) is 34.5 Å². The number of fused-ring (bicyclic) bond motifs is 3. The number of allylic oxidation sites excluding steroid dienone is 2. The molecular weight excluding hydrogens is 609 g/mol. The monoisotopic (exact) mass is 638 g/mol. The van der Waals surface area contributed by atoms with Crippen molar-refractivity contribution >= 4 is 59.0 Å². The number of benzene rings is 1. The average molecular weight is 639 g/mol. The molecule has 12 heteroatoms. The molecule has 2 aliphatic heterocycles. The summed E-state index contributed by atoms with van der Waals surface area (Å²) in [6, 6.07) is 7.67. The minimum absolute atomic E-state index is 0.0648. The number of hydrogen-bond donors (Lipinski definition) is 0. The molecule has 2 unspecified atom stereocenters. The van der Waals surface area contributed by atoms with Crippen LogP contribution in [0.15, 0.2) is 39.2 Å². The lowest BCUT2D eigenvalue weighted by Crippen LogP contribution is -2.23. The predicted molar refractivity (Wildman–Crippen MR) is 164 cm³/mol. The molecule has 1 aromatic carbocycles. The van der Waals surface area contributed by atoms with Crippen LogP contribution in [0, 0.1) is 57.2 Å². The van der Waals surface area contributed by atoms with Crippen molar-refractivity contribution in [3.8, 4) is 35.8 Å². The molecular formula is C30H30N4O4S4. The van der Waals surface area contributed by atoms with Crippen LogP contribution in [0.4, 0.5) is 0 Å². The first kappa shape index (κ1) is 33.5. The average Bonchev–Trinajstić information content (AvgIpc) is 3.62. The molecule has 3 rings (SSSR count). The third-order valence-electron chi connectivity index (χ3n) is 6.74. The molecule has 0 aliphatic carbocycles. The molecule has 0 spiro atoms. The lowest BCUT2D eigenvalue weighted by molar-refractivity contribution is -0.142. The lowest BCUT2D eigenvalue weighted by atomic mass is 9.99. The van der Waals surface area contributed by atoms with Crippen molar-refractivity contribution in [2.24, 2.45) is 11.8 Å². The van der Waals surface area contributed by atoms with Gasteiger partial charge in [-0.2, -0.15) is 21.0 Å². The fourth-order valence-corrected chi connectivity index (χ4v) is 9.60. The van der Waals surface area contributed by atoms with Gasteiger partial charge in [0.15, 0.2) is 11.5 Å². The molecule has 218 valence electrons. The van der Waals surface area contributed by atoms with Crippen molar-refractivity contribution in [3.05, 3.63) is 19.6 Å². The molecule has 0 N–H and O–H groups in total. The van der Waals surface area contributed by atoms with Gasteiger partial charge in [-0.3, -0.25) is 9.59 Å². The molecule has 0 saturated heterocycles. The van der Waals surface area contributed by atoms with Gasteiger partial charge in [0.1, 0.15) is 35.4 Å². The van der Waals surface area contributed by atoms with E-state index < -0.39 is 11.9 Å². The number of ether oxygens (including phenoxy) is 2. The minimum atomic E-state index is -0.451. The molecule has 2 aliphatic rings. The zero-order valence-corrected chi connectivity index (χ0v) is 27.1. The van der Waals surface area contributed by atoms with Gasteiger partial charge in [0, 0.05) is 9.79 Å². The zero-order chi connectivity index (χ0) is 30.8. The lowest BCUT2D eigenvalue weighted by Gasteiger charge is -2.21. The highest BCUT2D eigenvalue weighted by Crippen LogP contribution is 2.68. The van der Waals surface area contributed by atoms with Crippen molar-refractivity contribution in [2.45, 2.75) is 98.6 Å². The third-order valence-corrected chi connectivity index (χ3v) is 12.1. The molecule has 2 atom stereocenters. The van der Waals surface area contributed by atoms with Gasteiger partial charge in [-0.25, -0.2) is 0 Å². The Bertz CT molecular complexity index is 1350. The van der Waals surface area contributed by atoms with E-state index in [2.05, 4.69) is 0 Å². The van der Waals surface area contributed by atoms with E-state index in [4.69, 9.17) is 9.47 Å². The van der Waals surface area contributed by atoms with Gasteiger partial charge in [-0.1, -0.05) is 100 Å². The number of unbranched alkanes of at least 4 members (excludes halogenated alkanes) is 2. The number of hydrogen-bond acceptors (Lipinski definition) is 12. The molecule has 42 heavy (non-hydrogen) atoms. The molecule has 0 radical (unpaired) electrons. The van der Waals surface area contributed by atoms with Gasteiger partial charge in [-0.15, -0.1) is 0 Å². The van der Waals surface area contributed by atoms with E-state index in [0.29, 0.717) is 53.7 Å². The number of nitriles is 4. The van der Waals surface area contributed by atoms with E-state index in [9.17, 15) is 30.6 Å². The Morgan fingerprint density at radius 2 is 0.952 bits per heavy atom. The Labute approximate surface area is 263 Å². The highest BCUT2D eigenvalue weighted by Gasteiger charge is 2.40. The summed E-state index contributed by atoms with van der Waals surface area (Å²) in [5, 5.41) is 38.3. The number of esters is 2. The van der Waals surface area contributed by atoms with Crippen LogP contribution in [-0.4, -0.2) is 11.9 Å². The Hall–Kier alpha value is -3.00. The number of rotatable bonds is 12. The van der Waals surface area contributed by atoms with Crippen LogP contribution in [0.3, 0.4) is 0 Å². The Balaban J connectivity index is 2.27. The summed E-state index contributed by atoms with van der Waals surface area (Å²) in [5.41, 5.74) is -0.182. The van der Waals surface area contributed by atoms with E-state index >= 15 is 0 Å². The predicted octanol–water partition coefficient (Wildman–Crippen LogP) is 8.84. The van der Waals surface area contributed by atoms with Crippen LogP contribution >= 0.6 is 47.0 Å². The summed E-state index contributed by atoms with van der Waals surface area (Å²) in [6.07, 6.45) is 5.98. The molecule has 0 amide bonds.